The van der Waals surface area contributed by atoms with Gasteiger partial charge in [-0.3, -0.25) is 4.68 Å². The van der Waals surface area contributed by atoms with Crippen molar-refractivity contribution in [1.29, 1.82) is 0 Å². The second-order valence-electron chi connectivity index (χ2n) is 5.17. The van der Waals surface area contributed by atoms with Crippen LogP contribution in [0, 0.1) is 6.92 Å². The van der Waals surface area contributed by atoms with Crippen molar-refractivity contribution >= 4 is 23.4 Å². The van der Waals surface area contributed by atoms with Gasteiger partial charge in [0.1, 0.15) is 0 Å². The number of nitrogens with one attached hydrogen (secondary N) is 1. The van der Waals surface area contributed by atoms with E-state index in [9.17, 15) is 0 Å². The molecule has 102 valence electrons. The van der Waals surface area contributed by atoms with Crippen molar-refractivity contribution in [1.82, 2.24) is 15.1 Å². The Hall–Kier alpha value is -0.190. The van der Waals surface area contributed by atoms with Crippen LogP contribution in [0.2, 0.25) is 5.02 Å². The third-order valence-electron chi connectivity index (χ3n) is 3.95. The molecule has 2 rings (SSSR count). The highest BCUT2D eigenvalue weighted by Crippen LogP contribution is 2.39. The summed E-state index contributed by atoms with van der Waals surface area (Å²) in [5.74, 6) is 0. The molecule has 1 saturated carbocycles. The summed E-state index contributed by atoms with van der Waals surface area (Å²) in [7, 11) is 1.95. The number of aromatic nitrogens is 2. The third-order valence-corrected chi connectivity index (χ3v) is 5.86. The van der Waals surface area contributed by atoms with Gasteiger partial charge in [0.25, 0.3) is 0 Å². The maximum Gasteiger partial charge on any atom is 0.0860 e. The first kappa shape index (κ1) is 14.2. The van der Waals surface area contributed by atoms with E-state index in [-0.39, 0.29) is 0 Å². The molecule has 1 aliphatic rings. The van der Waals surface area contributed by atoms with E-state index in [1.54, 1.807) is 0 Å². The Kier molecular flexibility index (Phi) is 4.62. The molecule has 1 heterocycles. The Morgan fingerprint density at radius 3 is 2.61 bits per heavy atom. The SMILES string of the molecule is CSC1(CNCc2c(Cl)c(C)nn2C)CCCC1. The van der Waals surface area contributed by atoms with Gasteiger partial charge in [-0.25, -0.2) is 0 Å². The average Bonchev–Trinajstić information content (AvgIpc) is 2.91. The second-order valence-corrected chi connectivity index (χ2v) is 6.82. The minimum absolute atomic E-state index is 0.445. The number of hydrogen-bond acceptors (Lipinski definition) is 3. The highest BCUT2D eigenvalue weighted by atomic mass is 35.5. The average molecular weight is 288 g/mol. The van der Waals surface area contributed by atoms with E-state index in [0.29, 0.717) is 4.75 Å². The van der Waals surface area contributed by atoms with Gasteiger partial charge < -0.3 is 5.32 Å². The standard InChI is InChI=1S/C13H22ClN3S/c1-10-12(14)11(17(2)16-10)8-15-9-13(18-3)6-4-5-7-13/h15H,4-9H2,1-3H3. The van der Waals surface area contributed by atoms with Crippen LogP contribution in [0.4, 0.5) is 0 Å². The van der Waals surface area contributed by atoms with Crippen molar-refractivity contribution in [3.63, 3.8) is 0 Å². The quantitative estimate of drug-likeness (QED) is 0.902. The van der Waals surface area contributed by atoms with E-state index in [1.807, 2.05) is 30.4 Å². The molecule has 0 aromatic carbocycles. The molecule has 1 fully saturated rings. The number of aryl methyl sites for hydroxylation is 2. The van der Waals surface area contributed by atoms with Crippen LogP contribution in [0.25, 0.3) is 0 Å². The van der Waals surface area contributed by atoms with Crippen molar-refractivity contribution < 1.29 is 0 Å². The summed E-state index contributed by atoms with van der Waals surface area (Å²) in [5.41, 5.74) is 2.00. The summed E-state index contributed by atoms with van der Waals surface area (Å²) < 4.78 is 2.32. The fourth-order valence-electron chi connectivity index (χ4n) is 2.75. The molecule has 0 unspecified atom stereocenters. The van der Waals surface area contributed by atoms with Crippen LogP contribution in [-0.2, 0) is 13.6 Å². The maximum atomic E-state index is 6.25. The van der Waals surface area contributed by atoms with E-state index in [0.717, 1.165) is 29.5 Å². The minimum atomic E-state index is 0.445. The van der Waals surface area contributed by atoms with Gasteiger partial charge >= 0.3 is 0 Å². The van der Waals surface area contributed by atoms with Gasteiger partial charge in [-0.15, -0.1) is 0 Å². The second kappa shape index (κ2) is 5.85. The van der Waals surface area contributed by atoms with Crippen LogP contribution >= 0.6 is 23.4 Å². The lowest BCUT2D eigenvalue weighted by molar-refractivity contribution is 0.521. The van der Waals surface area contributed by atoms with E-state index in [2.05, 4.69) is 16.7 Å². The van der Waals surface area contributed by atoms with Crippen LogP contribution in [0.1, 0.15) is 37.1 Å². The molecule has 0 bridgehead atoms. The Morgan fingerprint density at radius 2 is 2.11 bits per heavy atom. The van der Waals surface area contributed by atoms with Gasteiger partial charge in [0.2, 0.25) is 0 Å². The first-order valence-electron chi connectivity index (χ1n) is 6.52. The molecule has 1 aromatic heterocycles. The van der Waals surface area contributed by atoms with Gasteiger partial charge in [-0.1, -0.05) is 24.4 Å². The summed E-state index contributed by atoms with van der Waals surface area (Å²) in [6, 6.07) is 0. The summed E-state index contributed by atoms with van der Waals surface area (Å²) in [4.78, 5) is 0. The normalized spacial score (nSPS) is 18.4. The number of thioether (sulfide) groups is 1. The fraction of sp³-hybridized carbons (Fsp3) is 0.769. The predicted octanol–water partition coefficient (Wildman–Crippen LogP) is 3.15. The molecule has 0 saturated heterocycles. The van der Waals surface area contributed by atoms with Crippen LogP contribution < -0.4 is 5.32 Å². The molecular formula is C13H22ClN3S. The Labute approximate surface area is 119 Å². The first-order valence-corrected chi connectivity index (χ1v) is 8.12. The van der Waals surface area contributed by atoms with E-state index in [4.69, 9.17) is 11.6 Å². The van der Waals surface area contributed by atoms with E-state index >= 15 is 0 Å². The third kappa shape index (κ3) is 2.86. The number of rotatable bonds is 5. The predicted molar refractivity (Wildman–Crippen MR) is 79.4 cm³/mol. The van der Waals surface area contributed by atoms with Crippen LogP contribution in [-0.4, -0.2) is 27.3 Å². The van der Waals surface area contributed by atoms with Gasteiger partial charge in [-0.2, -0.15) is 16.9 Å². The summed E-state index contributed by atoms with van der Waals surface area (Å²) in [6.07, 6.45) is 7.63. The Bertz CT molecular complexity index is 411. The van der Waals surface area contributed by atoms with Crippen LogP contribution in [0.15, 0.2) is 0 Å². The monoisotopic (exact) mass is 287 g/mol. The molecule has 0 radical (unpaired) electrons. The van der Waals surface area contributed by atoms with Gasteiger partial charge in [0.05, 0.1) is 16.4 Å². The largest absolute Gasteiger partial charge is 0.310 e. The van der Waals surface area contributed by atoms with Crippen LogP contribution in [0.5, 0.6) is 0 Å². The minimum Gasteiger partial charge on any atom is -0.310 e. The smallest absolute Gasteiger partial charge is 0.0860 e. The van der Waals surface area contributed by atoms with E-state index in [1.165, 1.54) is 25.7 Å². The van der Waals surface area contributed by atoms with Crippen molar-refractivity contribution in [2.75, 3.05) is 12.8 Å². The van der Waals surface area contributed by atoms with Crippen molar-refractivity contribution in [2.24, 2.45) is 7.05 Å². The zero-order chi connectivity index (χ0) is 13.2. The molecule has 0 aliphatic heterocycles. The number of hydrogen-bond donors (Lipinski definition) is 1. The molecule has 1 aromatic rings. The molecule has 0 atom stereocenters. The molecule has 3 nitrogen and oxygen atoms in total. The molecule has 1 aliphatic carbocycles. The highest BCUT2D eigenvalue weighted by Gasteiger charge is 2.32. The van der Waals surface area contributed by atoms with Crippen molar-refractivity contribution in [2.45, 2.75) is 43.9 Å². The first-order chi connectivity index (χ1) is 8.58. The van der Waals surface area contributed by atoms with Gasteiger partial charge in [0.15, 0.2) is 0 Å². The van der Waals surface area contributed by atoms with E-state index < -0.39 is 0 Å². The molecule has 18 heavy (non-hydrogen) atoms. The fourth-order valence-corrected chi connectivity index (χ4v) is 3.92. The zero-order valence-corrected chi connectivity index (χ0v) is 13.0. The number of nitrogens with zero attached hydrogens (tertiary/aromatic N) is 2. The lowest BCUT2D eigenvalue weighted by Crippen LogP contribution is -2.35. The van der Waals surface area contributed by atoms with Crippen molar-refractivity contribution in [3.05, 3.63) is 16.4 Å². The molecule has 1 N–H and O–H groups in total. The summed E-state index contributed by atoms with van der Waals surface area (Å²) >= 11 is 8.26. The molecule has 0 spiro atoms. The van der Waals surface area contributed by atoms with Gasteiger partial charge in [0, 0.05) is 24.9 Å². The maximum absolute atomic E-state index is 6.25. The molecule has 0 amide bonds. The van der Waals surface area contributed by atoms with Crippen LogP contribution in [0.3, 0.4) is 0 Å². The Morgan fingerprint density at radius 1 is 1.44 bits per heavy atom. The lowest BCUT2D eigenvalue weighted by atomic mass is 10.1. The summed E-state index contributed by atoms with van der Waals surface area (Å²) in [5, 5.41) is 8.70. The zero-order valence-electron chi connectivity index (χ0n) is 11.4. The van der Waals surface area contributed by atoms with Gasteiger partial charge in [-0.05, 0) is 26.0 Å². The Balaban J connectivity index is 1.92. The molecule has 5 heteroatoms. The number of halogens is 1. The highest BCUT2D eigenvalue weighted by molar-refractivity contribution is 8.00. The molecular weight excluding hydrogens is 266 g/mol. The lowest BCUT2D eigenvalue weighted by Gasteiger charge is -2.27. The topological polar surface area (TPSA) is 29.9 Å². The van der Waals surface area contributed by atoms with Crippen molar-refractivity contribution in [3.8, 4) is 0 Å². The summed E-state index contributed by atoms with van der Waals surface area (Å²) in [6.45, 7) is 3.82.